The van der Waals surface area contributed by atoms with E-state index in [0.29, 0.717) is 26.2 Å². The van der Waals surface area contributed by atoms with Crippen LogP contribution in [0.15, 0.2) is 36.7 Å². The van der Waals surface area contributed by atoms with Gasteiger partial charge in [0, 0.05) is 31.1 Å². The van der Waals surface area contributed by atoms with Crippen LogP contribution in [-0.2, 0) is 4.79 Å². The summed E-state index contributed by atoms with van der Waals surface area (Å²) in [5.74, 6) is 0.925. The second kappa shape index (κ2) is 8.89. The van der Waals surface area contributed by atoms with Gasteiger partial charge in [-0.25, -0.2) is 14.8 Å². The minimum Gasteiger partial charge on any atom is -0.352 e. The van der Waals surface area contributed by atoms with Gasteiger partial charge in [0.05, 0.1) is 17.8 Å². The molecule has 0 radical (unpaired) electrons. The maximum Gasteiger partial charge on any atom is 0.312 e. The van der Waals surface area contributed by atoms with Gasteiger partial charge in [0.15, 0.2) is 0 Å². The van der Waals surface area contributed by atoms with E-state index in [0.717, 1.165) is 27.2 Å². The first kappa shape index (κ1) is 21.0. The molecular formula is C22H26N6O2S. The third-order valence-electron chi connectivity index (χ3n) is 5.50. The highest BCUT2D eigenvalue weighted by Gasteiger charge is 2.26. The number of fused-ring (bicyclic) bond motifs is 1. The van der Waals surface area contributed by atoms with E-state index < -0.39 is 12.1 Å². The quantitative estimate of drug-likeness (QED) is 0.637. The number of nitrogens with two attached hydrogens (primary N) is 1. The maximum atomic E-state index is 13.0. The van der Waals surface area contributed by atoms with Gasteiger partial charge in [-0.05, 0) is 25.5 Å². The molecule has 0 spiro atoms. The molecule has 4 rings (SSSR count). The highest BCUT2D eigenvalue weighted by atomic mass is 32.1. The number of carbonyl (C=O) groups excluding carboxylic acids is 2. The van der Waals surface area contributed by atoms with Gasteiger partial charge in [-0.3, -0.25) is 4.79 Å². The zero-order valence-corrected chi connectivity index (χ0v) is 18.5. The van der Waals surface area contributed by atoms with Gasteiger partial charge < -0.3 is 20.9 Å². The third kappa shape index (κ3) is 4.77. The fourth-order valence-electron chi connectivity index (χ4n) is 4.00. The minimum atomic E-state index is -0.636. The second-order valence-electron chi connectivity index (χ2n) is 7.82. The Balaban J connectivity index is 1.42. The molecule has 1 aliphatic heterocycles. The molecule has 1 fully saturated rings. The van der Waals surface area contributed by atoms with E-state index >= 15 is 0 Å². The fraction of sp³-hybridized carbons (Fsp3) is 0.364. The van der Waals surface area contributed by atoms with Crippen LogP contribution in [0, 0.1) is 13.8 Å². The second-order valence-corrected chi connectivity index (χ2v) is 9.06. The lowest BCUT2D eigenvalue weighted by Gasteiger charge is -2.36. The first-order valence-corrected chi connectivity index (χ1v) is 11.1. The average Bonchev–Trinajstić information content (AvgIpc) is 3.13. The number of carbonyl (C=O) groups is 2. The van der Waals surface area contributed by atoms with E-state index in [1.807, 2.05) is 36.1 Å². The molecule has 1 aliphatic rings. The van der Waals surface area contributed by atoms with Crippen molar-refractivity contribution in [3.63, 3.8) is 0 Å². The van der Waals surface area contributed by atoms with E-state index in [9.17, 15) is 9.59 Å². The number of anilines is 1. The molecule has 31 heavy (non-hydrogen) atoms. The number of piperazine rings is 1. The minimum absolute atomic E-state index is 0.000816. The van der Waals surface area contributed by atoms with Crippen molar-refractivity contribution in [2.24, 2.45) is 5.73 Å². The first-order chi connectivity index (χ1) is 14.9. The molecule has 1 saturated heterocycles. The highest BCUT2D eigenvalue weighted by Crippen LogP contribution is 2.30. The number of hydrogen-bond acceptors (Lipinski definition) is 6. The fourth-order valence-corrected chi connectivity index (χ4v) is 4.84. The van der Waals surface area contributed by atoms with Crippen LogP contribution in [0.2, 0.25) is 0 Å². The molecule has 3 aromatic rings. The summed E-state index contributed by atoms with van der Waals surface area (Å²) in [5, 5.41) is 3.78. The summed E-state index contributed by atoms with van der Waals surface area (Å²) in [5.41, 5.74) is 7.30. The van der Waals surface area contributed by atoms with Gasteiger partial charge in [0.1, 0.15) is 17.0 Å². The van der Waals surface area contributed by atoms with Gasteiger partial charge in [0.2, 0.25) is 5.91 Å². The van der Waals surface area contributed by atoms with Gasteiger partial charge in [-0.15, -0.1) is 11.3 Å². The number of rotatable bonds is 5. The summed E-state index contributed by atoms with van der Waals surface area (Å²) in [7, 11) is 0. The Morgan fingerprint density at radius 2 is 1.94 bits per heavy atom. The molecule has 3 heterocycles. The smallest absolute Gasteiger partial charge is 0.312 e. The zero-order valence-electron chi connectivity index (χ0n) is 17.7. The van der Waals surface area contributed by atoms with Crippen molar-refractivity contribution in [1.82, 2.24) is 20.2 Å². The van der Waals surface area contributed by atoms with Crippen LogP contribution in [0.1, 0.15) is 28.5 Å². The van der Waals surface area contributed by atoms with E-state index in [4.69, 9.17) is 5.73 Å². The lowest BCUT2D eigenvalue weighted by molar-refractivity contribution is -0.132. The van der Waals surface area contributed by atoms with Crippen molar-refractivity contribution in [2.75, 3.05) is 31.1 Å². The SMILES string of the molecule is Cc1cccc(C(CC(=O)N2CCN(c3ncnc4sc(C)cc34)CC2)NC(N)=O)c1. The van der Waals surface area contributed by atoms with Crippen LogP contribution in [0.5, 0.6) is 0 Å². The Bertz CT molecular complexity index is 1110. The Kier molecular flexibility index (Phi) is 6.03. The Morgan fingerprint density at radius 1 is 1.16 bits per heavy atom. The van der Waals surface area contributed by atoms with Crippen molar-refractivity contribution >= 4 is 39.3 Å². The molecule has 3 N–H and O–H groups in total. The Morgan fingerprint density at radius 3 is 2.65 bits per heavy atom. The molecule has 0 saturated carbocycles. The van der Waals surface area contributed by atoms with E-state index in [-0.39, 0.29) is 12.3 Å². The van der Waals surface area contributed by atoms with E-state index in [1.165, 1.54) is 4.88 Å². The largest absolute Gasteiger partial charge is 0.352 e. The number of aryl methyl sites for hydroxylation is 2. The molecule has 1 aromatic carbocycles. The van der Waals surface area contributed by atoms with Crippen LogP contribution in [-0.4, -0.2) is 53.0 Å². The number of primary amides is 1. The molecule has 0 bridgehead atoms. The van der Waals surface area contributed by atoms with E-state index in [1.54, 1.807) is 17.7 Å². The normalized spacial score (nSPS) is 15.2. The lowest BCUT2D eigenvalue weighted by atomic mass is 10.0. The summed E-state index contributed by atoms with van der Waals surface area (Å²) in [6, 6.07) is 8.80. The van der Waals surface area contributed by atoms with Gasteiger partial charge in [-0.2, -0.15) is 0 Å². The number of hydrogen-bond donors (Lipinski definition) is 2. The predicted octanol–water partition coefficient (Wildman–Crippen LogP) is 2.76. The summed E-state index contributed by atoms with van der Waals surface area (Å²) in [6.45, 7) is 6.65. The predicted molar refractivity (Wildman–Crippen MR) is 122 cm³/mol. The van der Waals surface area contributed by atoms with Gasteiger partial charge in [0.25, 0.3) is 0 Å². The molecule has 8 nitrogen and oxygen atoms in total. The number of aromatic nitrogens is 2. The van der Waals surface area contributed by atoms with Crippen molar-refractivity contribution in [3.05, 3.63) is 52.7 Å². The molecular weight excluding hydrogens is 412 g/mol. The number of nitrogens with one attached hydrogen (secondary N) is 1. The summed E-state index contributed by atoms with van der Waals surface area (Å²) >= 11 is 1.66. The maximum absolute atomic E-state index is 13.0. The third-order valence-corrected chi connectivity index (χ3v) is 6.46. The Labute approximate surface area is 185 Å². The topological polar surface area (TPSA) is 104 Å². The number of urea groups is 1. The summed E-state index contributed by atoms with van der Waals surface area (Å²) < 4.78 is 0. The lowest BCUT2D eigenvalue weighted by Crippen LogP contribution is -2.50. The summed E-state index contributed by atoms with van der Waals surface area (Å²) in [4.78, 5) is 39.6. The van der Waals surface area contributed by atoms with E-state index in [2.05, 4.69) is 33.2 Å². The molecule has 2 aromatic heterocycles. The van der Waals surface area contributed by atoms with Crippen LogP contribution >= 0.6 is 11.3 Å². The molecule has 1 unspecified atom stereocenters. The van der Waals surface area contributed by atoms with Crippen molar-refractivity contribution in [3.8, 4) is 0 Å². The molecule has 3 amide bonds. The standard InChI is InChI=1S/C22H26N6O2S/c1-14-4-3-5-16(10-14)18(26-22(23)30)12-19(29)27-6-8-28(9-7-27)20-17-11-15(2)31-21(17)25-13-24-20/h3-5,10-11,13,18H,6-9,12H2,1-2H3,(H3,23,26,30). The average molecular weight is 439 g/mol. The van der Waals surface area contributed by atoms with Crippen LogP contribution in [0.3, 0.4) is 0 Å². The number of thiophene rings is 1. The summed E-state index contributed by atoms with van der Waals surface area (Å²) in [6.07, 6.45) is 1.78. The van der Waals surface area contributed by atoms with Crippen molar-refractivity contribution < 1.29 is 9.59 Å². The van der Waals surface area contributed by atoms with Crippen LogP contribution < -0.4 is 16.0 Å². The first-order valence-electron chi connectivity index (χ1n) is 10.3. The number of nitrogens with zero attached hydrogens (tertiary/aromatic N) is 4. The van der Waals surface area contributed by atoms with Crippen molar-refractivity contribution in [1.29, 1.82) is 0 Å². The highest BCUT2D eigenvalue weighted by molar-refractivity contribution is 7.18. The molecule has 9 heteroatoms. The van der Waals surface area contributed by atoms with Gasteiger partial charge >= 0.3 is 6.03 Å². The van der Waals surface area contributed by atoms with Crippen molar-refractivity contribution in [2.45, 2.75) is 26.3 Å². The monoisotopic (exact) mass is 438 g/mol. The van der Waals surface area contributed by atoms with Crippen LogP contribution in [0.4, 0.5) is 10.6 Å². The Hall–Kier alpha value is -3.20. The molecule has 1 atom stereocenters. The zero-order chi connectivity index (χ0) is 22.0. The molecule has 162 valence electrons. The molecule has 0 aliphatic carbocycles. The van der Waals surface area contributed by atoms with Gasteiger partial charge in [-0.1, -0.05) is 29.8 Å². The number of benzene rings is 1. The van der Waals surface area contributed by atoms with Crippen LogP contribution in [0.25, 0.3) is 10.2 Å². The number of amides is 3.